The van der Waals surface area contributed by atoms with E-state index in [0.29, 0.717) is 35.1 Å². The lowest BCUT2D eigenvalue weighted by Gasteiger charge is -2.35. The van der Waals surface area contributed by atoms with Crippen LogP contribution in [0.2, 0.25) is 5.02 Å². The Hall–Kier alpha value is -2.50. The van der Waals surface area contributed by atoms with Gasteiger partial charge < -0.3 is 19.9 Å². The molecule has 2 N–H and O–H groups in total. The number of carbonyl (C=O) groups is 1. The van der Waals surface area contributed by atoms with Gasteiger partial charge in [0.2, 0.25) is 0 Å². The molecule has 1 aliphatic rings. The number of aromatic nitrogens is 1. The summed E-state index contributed by atoms with van der Waals surface area (Å²) in [7, 11) is 0. The molecule has 1 aromatic heterocycles. The molecule has 1 aliphatic heterocycles. The van der Waals surface area contributed by atoms with Gasteiger partial charge >= 0.3 is 0 Å². The first kappa shape index (κ1) is 23.7. The van der Waals surface area contributed by atoms with Crippen molar-refractivity contribution in [2.24, 2.45) is 0 Å². The molecule has 3 aromatic rings. The molecule has 4 rings (SSSR count). The first-order valence-electron chi connectivity index (χ1n) is 12.1. The highest BCUT2D eigenvalue weighted by Gasteiger charge is 2.21. The van der Waals surface area contributed by atoms with Gasteiger partial charge in [-0.1, -0.05) is 49.6 Å². The molecule has 1 fully saturated rings. The van der Waals surface area contributed by atoms with Crippen LogP contribution >= 0.6 is 11.6 Å². The zero-order chi connectivity index (χ0) is 23.2. The Morgan fingerprint density at radius 2 is 2.09 bits per heavy atom. The lowest BCUT2D eigenvalue weighted by atomic mass is 9.98. The predicted molar refractivity (Wildman–Crippen MR) is 135 cm³/mol. The summed E-state index contributed by atoms with van der Waals surface area (Å²) in [5, 5.41) is 16.1. The van der Waals surface area contributed by atoms with Gasteiger partial charge in [0.05, 0.1) is 6.54 Å². The van der Waals surface area contributed by atoms with E-state index >= 15 is 0 Å². The number of hydrogen-bond acceptors (Lipinski definition) is 3. The Balaban J connectivity index is 1.35. The number of fused-ring (bicyclic) bond motifs is 1. The van der Waals surface area contributed by atoms with E-state index in [9.17, 15) is 9.90 Å². The first-order valence-corrected chi connectivity index (χ1v) is 12.5. The Bertz CT molecular complexity index is 1090. The fourth-order valence-electron chi connectivity index (χ4n) is 4.94. The van der Waals surface area contributed by atoms with Crippen LogP contribution in [-0.4, -0.2) is 46.2 Å². The van der Waals surface area contributed by atoms with E-state index in [1.165, 1.54) is 38.6 Å². The van der Waals surface area contributed by atoms with Crippen molar-refractivity contribution in [3.63, 3.8) is 0 Å². The third-order valence-corrected chi connectivity index (χ3v) is 6.88. The van der Waals surface area contributed by atoms with Gasteiger partial charge in [0.15, 0.2) is 5.88 Å². The second-order valence-corrected chi connectivity index (χ2v) is 9.53. The van der Waals surface area contributed by atoms with Crippen molar-refractivity contribution in [2.45, 2.75) is 58.0 Å². The molecule has 2 heterocycles. The third kappa shape index (κ3) is 5.90. The summed E-state index contributed by atoms with van der Waals surface area (Å²) in [6.07, 6.45) is 9.29. The predicted octanol–water partition coefficient (Wildman–Crippen LogP) is 5.82. The standard InChI is InChI=1S/C27H34ClN3O2/c1-2-7-24-10-3-4-14-30(24)15-6-13-29-26(32)21-11-12-22-19-31(27(33)25(22)17-21)18-20-8-5-9-23(28)16-20/h5,8-9,11-12,16-17,19,24,33H,2-4,6-7,10,13-15,18H2,1H3,(H,29,32). The SMILES string of the molecule is CCCC1CCCCN1CCCNC(=O)c1ccc2cn(Cc3cccc(Cl)c3)c(O)c2c1. The summed E-state index contributed by atoms with van der Waals surface area (Å²) in [4.78, 5) is 15.3. The van der Waals surface area contributed by atoms with Crippen molar-refractivity contribution >= 4 is 28.3 Å². The molecule has 1 saturated heterocycles. The zero-order valence-electron chi connectivity index (χ0n) is 19.4. The summed E-state index contributed by atoms with van der Waals surface area (Å²) >= 11 is 6.08. The Kier molecular flexibility index (Phi) is 7.94. The van der Waals surface area contributed by atoms with E-state index in [4.69, 9.17) is 11.6 Å². The number of nitrogens with one attached hydrogen (secondary N) is 1. The van der Waals surface area contributed by atoms with Crippen molar-refractivity contribution < 1.29 is 9.90 Å². The summed E-state index contributed by atoms with van der Waals surface area (Å²) in [6.45, 7) is 5.65. The quantitative estimate of drug-likeness (QED) is 0.389. The van der Waals surface area contributed by atoms with Gasteiger partial charge in [0.1, 0.15) is 0 Å². The largest absolute Gasteiger partial charge is 0.494 e. The third-order valence-electron chi connectivity index (χ3n) is 6.64. The number of nitrogens with zero attached hydrogens (tertiary/aromatic N) is 2. The average molecular weight is 468 g/mol. The first-order chi connectivity index (χ1) is 16.0. The normalized spacial score (nSPS) is 16.8. The molecule has 0 saturated carbocycles. The number of piperidine rings is 1. The topological polar surface area (TPSA) is 57.5 Å². The van der Waals surface area contributed by atoms with Crippen molar-refractivity contribution in [1.82, 2.24) is 14.8 Å². The van der Waals surface area contributed by atoms with E-state index in [-0.39, 0.29) is 11.8 Å². The molecular formula is C27H34ClN3O2. The fraction of sp³-hybridized carbons (Fsp3) is 0.444. The minimum absolute atomic E-state index is 0.0948. The van der Waals surface area contributed by atoms with Crippen LogP contribution in [0.15, 0.2) is 48.7 Å². The van der Waals surface area contributed by atoms with Gasteiger partial charge in [-0.15, -0.1) is 0 Å². The van der Waals surface area contributed by atoms with Crippen molar-refractivity contribution in [2.75, 3.05) is 19.6 Å². The highest BCUT2D eigenvalue weighted by molar-refractivity contribution is 6.30. The average Bonchev–Trinajstić information content (AvgIpc) is 3.12. The molecule has 0 bridgehead atoms. The lowest BCUT2D eigenvalue weighted by Crippen LogP contribution is -2.41. The van der Waals surface area contributed by atoms with E-state index in [1.807, 2.05) is 42.6 Å². The summed E-state index contributed by atoms with van der Waals surface area (Å²) < 4.78 is 1.78. The smallest absolute Gasteiger partial charge is 0.251 e. The maximum atomic E-state index is 12.7. The van der Waals surface area contributed by atoms with E-state index in [2.05, 4.69) is 17.1 Å². The monoisotopic (exact) mass is 467 g/mol. The number of hydrogen-bond donors (Lipinski definition) is 2. The minimum Gasteiger partial charge on any atom is -0.494 e. The molecule has 0 spiro atoms. The molecule has 176 valence electrons. The Morgan fingerprint density at radius 1 is 1.21 bits per heavy atom. The minimum atomic E-state index is -0.0948. The highest BCUT2D eigenvalue weighted by Crippen LogP contribution is 2.29. The van der Waals surface area contributed by atoms with Crippen LogP contribution in [0.4, 0.5) is 0 Å². The molecule has 6 heteroatoms. The second-order valence-electron chi connectivity index (χ2n) is 9.10. The van der Waals surface area contributed by atoms with Gasteiger partial charge in [-0.05, 0) is 62.1 Å². The number of carbonyl (C=O) groups excluding carboxylic acids is 1. The van der Waals surface area contributed by atoms with E-state index < -0.39 is 0 Å². The van der Waals surface area contributed by atoms with Gasteiger partial charge in [-0.2, -0.15) is 0 Å². The summed E-state index contributed by atoms with van der Waals surface area (Å²) in [6, 6.07) is 13.8. The van der Waals surface area contributed by atoms with Crippen LogP contribution < -0.4 is 5.32 Å². The number of benzene rings is 2. The molecule has 5 nitrogen and oxygen atoms in total. The van der Waals surface area contributed by atoms with Gasteiger partial charge in [-0.25, -0.2) is 0 Å². The Labute approximate surface area is 201 Å². The molecule has 33 heavy (non-hydrogen) atoms. The molecule has 1 atom stereocenters. The van der Waals surface area contributed by atoms with Crippen molar-refractivity contribution in [1.29, 1.82) is 0 Å². The van der Waals surface area contributed by atoms with Crippen LogP contribution in [0, 0.1) is 0 Å². The van der Waals surface area contributed by atoms with Crippen LogP contribution in [-0.2, 0) is 6.54 Å². The molecule has 0 aliphatic carbocycles. The van der Waals surface area contributed by atoms with Gasteiger partial charge in [-0.3, -0.25) is 4.79 Å². The number of rotatable bonds is 9. The highest BCUT2D eigenvalue weighted by atomic mass is 35.5. The van der Waals surface area contributed by atoms with Crippen LogP contribution in [0.5, 0.6) is 5.88 Å². The molecule has 2 aromatic carbocycles. The zero-order valence-corrected chi connectivity index (χ0v) is 20.2. The molecular weight excluding hydrogens is 434 g/mol. The molecule has 1 amide bonds. The number of halogens is 1. The van der Waals surface area contributed by atoms with E-state index in [1.54, 1.807) is 10.6 Å². The van der Waals surface area contributed by atoms with Crippen LogP contribution in [0.25, 0.3) is 10.8 Å². The van der Waals surface area contributed by atoms with Gasteiger partial charge in [0.25, 0.3) is 5.91 Å². The lowest BCUT2D eigenvalue weighted by molar-refractivity contribution is 0.0947. The fourth-order valence-corrected chi connectivity index (χ4v) is 5.15. The number of amides is 1. The Morgan fingerprint density at radius 3 is 2.91 bits per heavy atom. The molecule has 1 unspecified atom stereocenters. The van der Waals surface area contributed by atoms with E-state index in [0.717, 1.165) is 23.9 Å². The van der Waals surface area contributed by atoms with Crippen molar-refractivity contribution in [3.05, 3.63) is 64.8 Å². The maximum absolute atomic E-state index is 12.7. The molecule has 0 radical (unpaired) electrons. The van der Waals surface area contributed by atoms with Crippen LogP contribution in [0.3, 0.4) is 0 Å². The second kappa shape index (κ2) is 11.1. The number of aromatic hydroxyl groups is 1. The summed E-state index contributed by atoms with van der Waals surface area (Å²) in [5.41, 5.74) is 1.58. The summed E-state index contributed by atoms with van der Waals surface area (Å²) in [5.74, 6) is 0.0642. The van der Waals surface area contributed by atoms with Crippen molar-refractivity contribution in [3.8, 4) is 5.88 Å². The van der Waals surface area contributed by atoms with Crippen LogP contribution in [0.1, 0.15) is 61.4 Å². The van der Waals surface area contributed by atoms with Gasteiger partial charge in [0, 0.05) is 46.7 Å². The number of likely N-dealkylation sites (tertiary alicyclic amines) is 1. The maximum Gasteiger partial charge on any atom is 0.251 e.